The summed E-state index contributed by atoms with van der Waals surface area (Å²) in [7, 11) is 0. The minimum absolute atomic E-state index is 0.0236. The lowest BCUT2D eigenvalue weighted by atomic mass is 10.1. The van der Waals surface area contributed by atoms with Crippen molar-refractivity contribution in [2.75, 3.05) is 4.90 Å². The summed E-state index contributed by atoms with van der Waals surface area (Å²) in [6.07, 6.45) is 1.03. The molecule has 0 spiro atoms. The standard InChI is InChI=1S/C15H15BrN2OS/c1-2-10-4-5-11(20-10)8-18-13-6-3-9(16)7-12(13)14(17)15(18)19/h3-7,14H,2,8,17H2,1H3. The van der Waals surface area contributed by atoms with Crippen LogP contribution in [0.25, 0.3) is 0 Å². The third-order valence-electron chi connectivity index (χ3n) is 3.53. The Kier molecular flexibility index (Phi) is 3.67. The van der Waals surface area contributed by atoms with Crippen LogP contribution in [0.1, 0.15) is 28.3 Å². The van der Waals surface area contributed by atoms with E-state index in [1.54, 1.807) is 16.2 Å². The number of hydrogen-bond acceptors (Lipinski definition) is 3. The molecule has 0 radical (unpaired) electrons. The Balaban J connectivity index is 1.92. The molecule has 3 rings (SSSR count). The number of carbonyl (C=O) groups excluding carboxylic acids is 1. The smallest absolute Gasteiger partial charge is 0.248 e. The number of anilines is 1. The molecule has 0 saturated carbocycles. The van der Waals surface area contributed by atoms with Gasteiger partial charge in [-0.1, -0.05) is 22.9 Å². The van der Waals surface area contributed by atoms with Crippen LogP contribution >= 0.6 is 27.3 Å². The molecule has 2 N–H and O–H groups in total. The van der Waals surface area contributed by atoms with Gasteiger partial charge >= 0.3 is 0 Å². The average molecular weight is 351 g/mol. The van der Waals surface area contributed by atoms with Gasteiger partial charge in [0.25, 0.3) is 0 Å². The zero-order valence-corrected chi connectivity index (χ0v) is 13.5. The molecule has 1 atom stereocenters. The molecule has 1 amide bonds. The third-order valence-corrected chi connectivity index (χ3v) is 5.23. The second-order valence-electron chi connectivity index (χ2n) is 4.83. The molecule has 3 nitrogen and oxygen atoms in total. The number of aryl methyl sites for hydroxylation is 1. The molecule has 1 aromatic heterocycles. The maximum Gasteiger partial charge on any atom is 0.248 e. The molecule has 0 fully saturated rings. The minimum Gasteiger partial charge on any atom is -0.316 e. The van der Waals surface area contributed by atoms with Crippen LogP contribution in [0, 0.1) is 0 Å². The highest BCUT2D eigenvalue weighted by molar-refractivity contribution is 9.10. The maximum atomic E-state index is 12.3. The summed E-state index contributed by atoms with van der Waals surface area (Å²) in [6, 6.07) is 9.51. The van der Waals surface area contributed by atoms with Crippen molar-refractivity contribution in [3.05, 3.63) is 50.1 Å². The van der Waals surface area contributed by atoms with Gasteiger partial charge in [0, 0.05) is 25.5 Å². The van der Waals surface area contributed by atoms with Gasteiger partial charge in [-0.2, -0.15) is 0 Å². The summed E-state index contributed by atoms with van der Waals surface area (Å²) in [5.74, 6) is -0.0236. The van der Waals surface area contributed by atoms with Crippen LogP contribution in [0.5, 0.6) is 0 Å². The number of hydrogen-bond donors (Lipinski definition) is 1. The second-order valence-corrected chi connectivity index (χ2v) is 7.00. The molecule has 2 aromatic rings. The van der Waals surface area contributed by atoms with Gasteiger partial charge in [-0.3, -0.25) is 4.79 Å². The second kappa shape index (κ2) is 5.31. The molecule has 0 aliphatic carbocycles. The first-order valence-corrected chi connectivity index (χ1v) is 8.15. The van der Waals surface area contributed by atoms with Crippen LogP contribution in [0.3, 0.4) is 0 Å². The van der Waals surface area contributed by atoms with Crippen molar-refractivity contribution in [2.24, 2.45) is 5.73 Å². The van der Waals surface area contributed by atoms with Gasteiger partial charge in [0.05, 0.1) is 6.54 Å². The minimum atomic E-state index is -0.548. The molecule has 1 aliphatic rings. The number of nitrogens with two attached hydrogens (primary N) is 1. The first-order chi connectivity index (χ1) is 9.60. The SMILES string of the molecule is CCc1ccc(CN2C(=O)C(N)c3cc(Br)ccc32)s1. The Bertz CT molecular complexity index is 668. The van der Waals surface area contributed by atoms with Crippen LogP contribution in [0.15, 0.2) is 34.8 Å². The molecule has 1 unspecified atom stereocenters. The Labute approximate surface area is 130 Å². The van der Waals surface area contributed by atoms with Crippen molar-refractivity contribution in [1.82, 2.24) is 0 Å². The van der Waals surface area contributed by atoms with Crippen LogP contribution < -0.4 is 10.6 Å². The quantitative estimate of drug-likeness (QED) is 0.918. The Morgan fingerprint density at radius 3 is 2.75 bits per heavy atom. The van der Waals surface area contributed by atoms with E-state index in [-0.39, 0.29) is 5.91 Å². The summed E-state index contributed by atoms with van der Waals surface area (Å²) < 4.78 is 0.950. The number of thiophene rings is 1. The predicted molar refractivity (Wildman–Crippen MR) is 86.0 cm³/mol. The Hall–Kier alpha value is -1.17. The van der Waals surface area contributed by atoms with E-state index >= 15 is 0 Å². The number of halogens is 1. The number of amides is 1. The largest absolute Gasteiger partial charge is 0.316 e. The lowest BCUT2D eigenvalue weighted by molar-refractivity contribution is -0.119. The first kappa shape index (κ1) is 13.8. The van der Waals surface area contributed by atoms with Gasteiger partial charge in [0.2, 0.25) is 5.91 Å². The van der Waals surface area contributed by atoms with Gasteiger partial charge in [0.1, 0.15) is 6.04 Å². The molecule has 2 heterocycles. The number of fused-ring (bicyclic) bond motifs is 1. The van der Waals surface area contributed by atoms with Crippen LogP contribution in [-0.2, 0) is 17.8 Å². The number of benzene rings is 1. The summed E-state index contributed by atoms with van der Waals surface area (Å²) in [4.78, 5) is 16.7. The van der Waals surface area contributed by atoms with Gasteiger partial charge < -0.3 is 10.6 Å². The van der Waals surface area contributed by atoms with E-state index < -0.39 is 6.04 Å². The number of nitrogens with zero attached hydrogens (tertiary/aromatic N) is 1. The first-order valence-electron chi connectivity index (χ1n) is 6.54. The highest BCUT2D eigenvalue weighted by Gasteiger charge is 2.34. The van der Waals surface area contributed by atoms with Crippen molar-refractivity contribution in [3.8, 4) is 0 Å². The van der Waals surface area contributed by atoms with E-state index in [9.17, 15) is 4.79 Å². The number of carbonyl (C=O) groups is 1. The molecule has 1 aliphatic heterocycles. The highest BCUT2D eigenvalue weighted by Crippen LogP contribution is 2.37. The van der Waals surface area contributed by atoms with Crippen molar-refractivity contribution in [2.45, 2.75) is 25.9 Å². The molecule has 1 aromatic carbocycles. The molecule has 5 heteroatoms. The topological polar surface area (TPSA) is 46.3 Å². The molecule has 104 valence electrons. The highest BCUT2D eigenvalue weighted by atomic mass is 79.9. The fourth-order valence-corrected chi connectivity index (χ4v) is 3.78. The molecular weight excluding hydrogens is 336 g/mol. The normalized spacial score (nSPS) is 17.6. The van der Waals surface area contributed by atoms with Crippen LogP contribution in [0.4, 0.5) is 5.69 Å². The summed E-state index contributed by atoms with van der Waals surface area (Å²) >= 11 is 5.19. The van der Waals surface area contributed by atoms with Crippen molar-refractivity contribution >= 4 is 38.9 Å². The van der Waals surface area contributed by atoms with Gasteiger partial charge in [-0.15, -0.1) is 11.3 Å². The summed E-state index contributed by atoms with van der Waals surface area (Å²) in [5.41, 5.74) is 7.85. The third kappa shape index (κ3) is 2.30. The fraction of sp³-hybridized carbons (Fsp3) is 0.267. The molecule has 0 bridgehead atoms. The van der Waals surface area contributed by atoms with Crippen molar-refractivity contribution in [3.63, 3.8) is 0 Å². The zero-order chi connectivity index (χ0) is 14.3. The maximum absolute atomic E-state index is 12.3. The van der Waals surface area contributed by atoms with Gasteiger partial charge in [0.15, 0.2) is 0 Å². The molecular formula is C15H15BrN2OS. The molecule has 0 saturated heterocycles. The van der Waals surface area contributed by atoms with E-state index in [0.717, 1.165) is 22.1 Å². The van der Waals surface area contributed by atoms with Crippen molar-refractivity contribution in [1.29, 1.82) is 0 Å². The lowest BCUT2D eigenvalue weighted by Crippen LogP contribution is -2.30. The Morgan fingerprint density at radius 1 is 1.30 bits per heavy atom. The summed E-state index contributed by atoms with van der Waals surface area (Å²) in [6.45, 7) is 2.74. The average Bonchev–Trinajstić information content (AvgIpc) is 2.99. The lowest BCUT2D eigenvalue weighted by Gasteiger charge is -2.16. The predicted octanol–water partition coefficient (Wildman–Crippen LogP) is 3.62. The van der Waals surface area contributed by atoms with E-state index in [4.69, 9.17) is 5.73 Å². The van der Waals surface area contributed by atoms with E-state index in [1.165, 1.54) is 9.75 Å². The fourth-order valence-electron chi connectivity index (χ4n) is 2.46. The molecule has 20 heavy (non-hydrogen) atoms. The zero-order valence-electron chi connectivity index (χ0n) is 11.1. The summed E-state index contributed by atoms with van der Waals surface area (Å²) in [5, 5.41) is 0. The van der Waals surface area contributed by atoms with E-state index in [0.29, 0.717) is 6.54 Å². The van der Waals surface area contributed by atoms with Crippen molar-refractivity contribution < 1.29 is 4.79 Å². The van der Waals surface area contributed by atoms with E-state index in [2.05, 4.69) is 35.0 Å². The van der Waals surface area contributed by atoms with Crippen LogP contribution in [0.2, 0.25) is 0 Å². The van der Waals surface area contributed by atoms with E-state index in [1.807, 2.05) is 18.2 Å². The van der Waals surface area contributed by atoms with Crippen LogP contribution in [-0.4, -0.2) is 5.91 Å². The Morgan fingerprint density at radius 2 is 2.05 bits per heavy atom. The monoisotopic (exact) mass is 350 g/mol. The number of rotatable bonds is 3. The van der Waals surface area contributed by atoms with Gasteiger partial charge in [-0.05, 0) is 36.8 Å². The van der Waals surface area contributed by atoms with Gasteiger partial charge in [-0.25, -0.2) is 0 Å².